The second-order valence-electron chi connectivity index (χ2n) is 20.2. The quantitative estimate of drug-likeness (QED) is 0.0834. The van der Waals surface area contributed by atoms with Crippen molar-refractivity contribution in [2.45, 2.75) is 149 Å². The van der Waals surface area contributed by atoms with Crippen molar-refractivity contribution in [3.05, 3.63) is 35.9 Å². The van der Waals surface area contributed by atoms with Crippen LogP contribution in [0.3, 0.4) is 0 Å². The molecule has 0 bridgehead atoms. The molecule has 3 N–H and O–H groups in total. The molecule has 410 valence electrons. The third kappa shape index (κ3) is 18.7. The Hall–Kier alpha value is -4.08. The predicted molar refractivity (Wildman–Crippen MR) is 273 cm³/mol. The van der Waals surface area contributed by atoms with E-state index in [9.17, 15) is 28.8 Å². The molecule has 72 heavy (non-hydrogen) atoms. The molecule has 2 fully saturated rings. The average Bonchev–Trinajstić information content (AvgIpc) is 3.84. The van der Waals surface area contributed by atoms with Crippen molar-refractivity contribution >= 4 is 35.5 Å². The van der Waals surface area contributed by atoms with Crippen LogP contribution >= 0.6 is 0 Å². The van der Waals surface area contributed by atoms with Gasteiger partial charge in [-0.15, -0.1) is 0 Å². The second kappa shape index (κ2) is 32.3. The van der Waals surface area contributed by atoms with Gasteiger partial charge < -0.3 is 39.0 Å². The van der Waals surface area contributed by atoms with E-state index in [0.717, 1.165) is 24.8 Å². The highest BCUT2D eigenvalue weighted by atomic mass is 16.7. The zero-order valence-electron chi connectivity index (χ0n) is 45.5. The minimum absolute atomic E-state index is 0.00710. The van der Waals surface area contributed by atoms with Crippen LogP contribution in [-0.4, -0.2) is 197 Å². The lowest BCUT2D eigenvalue weighted by molar-refractivity contribution is -0.200. The van der Waals surface area contributed by atoms with E-state index in [0.29, 0.717) is 65.5 Å². The van der Waals surface area contributed by atoms with Crippen molar-refractivity contribution in [2.75, 3.05) is 94.2 Å². The summed E-state index contributed by atoms with van der Waals surface area (Å²) in [6.07, 6.45) is 2.35. The molecule has 3 rings (SSSR count). The molecule has 0 radical (unpaired) electrons. The summed E-state index contributed by atoms with van der Waals surface area (Å²) < 4.78 is 28.7. The molecule has 0 unspecified atom stereocenters. The summed E-state index contributed by atoms with van der Waals surface area (Å²) in [6, 6.07) is 6.50. The number of ether oxygens (including phenoxy) is 5. The number of likely N-dealkylation sites (tertiary alicyclic amines) is 1. The number of carboxylic acids is 1. The Morgan fingerprint density at radius 2 is 1.39 bits per heavy atom. The normalized spacial score (nSPS) is 19.1. The van der Waals surface area contributed by atoms with Crippen LogP contribution in [0.15, 0.2) is 30.3 Å². The fourth-order valence-corrected chi connectivity index (χ4v) is 10.2. The van der Waals surface area contributed by atoms with Crippen LogP contribution < -0.4 is 10.6 Å². The number of hydrogen-bond acceptors (Lipinski definition) is 14. The van der Waals surface area contributed by atoms with Gasteiger partial charge in [0, 0.05) is 45.8 Å². The molecule has 0 aromatic heterocycles. The first kappa shape index (κ1) is 62.2. The van der Waals surface area contributed by atoms with E-state index in [1.165, 1.54) is 5.06 Å². The van der Waals surface area contributed by atoms with Gasteiger partial charge in [0.05, 0.1) is 95.3 Å². The summed E-state index contributed by atoms with van der Waals surface area (Å²) in [4.78, 5) is 93.1. The number of carbonyl (C=O) groups is 6. The summed E-state index contributed by atoms with van der Waals surface area (Å²) >= 11 is 0. The first-order valence-corrected chi connectivity index (χ1v) is 26.2. The molecule has 5 amide bonds. The van der Waals surface area contributed by atoms with E-state index in [2.05, 4.69) is 24.5 Å². The summed E-state index contributed by atoms with van der Waals surface area (Å²) in [5.74, 6) is -4.07. The number of hydroxylamine groups is 2. The lowest BCUT2D eigenvalue weighted by Gasteiger charge is -2.43. The van der Waals surface area contributed by atoms with Crippen LogP contribution in [0.1, 0.15) is 112 Å². The fourth-order valence-electron chi connectivity index (χ4n) is 10.2. The lowest BCUT2D eigenvalue weighted by atomic mass is 9.87. The zero-order chi connectivity index (χ0) is 53.5. The minimum atomic E-state index is -0.915. The third-order valence-corrected chi connectivity index (χ3v) is 14.3. The van der Waals surface area contributed by atoms with Gasteiger partial charge in [0.2, 0.25) is 23.6 Å². The first-order chi connectivity index (χ1) is 34.3. The van der Waals surface area contributed by atoms with E-state index in [-0.39, 0.29) is 67.4 Å². The number of aliphatic carboxylic acids is 1. The number of carbonyl (C=O) groups excluding carboxylic acids is 5. The molecular formula is C53H90N6O13. The highest BCUT2D eigenvalue weighted by molar-refractivity contribution is 6.00. The van der Waals surface area contributed by atoms with Crippen molar-refractivity contribution in [1.82, 2.24) is 30.4 Å². The number of amides is 5. The maximum Gasteiger partial charge on any atom is 0.305 e. The Morgan fingerprint density at radius 3 is 1.94 bits per heavy atom. The number of methoxy groups -OCH3 is 2. The summed E-state index contributed by atoms with van der Waals surface area (Å²) in [5.41, 5.74) is 0.901. The van der Waals surface area contributed by atoms with Gasteiger partial charge in [0.25, 0.3) is 5.91 Å². The fraction of sp³-hybridized carbons (Fsp3) is 0.774. The van der Waals surface area contributed by atoms with Crippen molar-refractivity contribution in [1.29, 1.82) is 0 Å². The monoisotopic (exact) mass is 1020 g/mol. The molecule has 0 aliphatic carbocycles. The Morgan fingerprint density at radius 1 is 0.778 bits per heavy atom. The smallest absolute Gasteiger partial charge is 0.305 e. The van der Waals surface area contributed by atoms with Crippen molar-refractivity contribution in [3.63, 3.8) is 0 Å². The van der Waals surface area contributed by atoms with Crippen LogP contribution in [0, 0.1) is 23.7 Å². The molecular weight excluding hydrogens is 929 g/mol. The number of imide groups is 1. The number of nitrogens with one attached hydrogen (secondary N) is 2. The highest BCUT2D eigenvalue weighted by Crippen LogP contribution is 2.31. The molecule has 1 aromatic rings. The molecule has 10 atom stereocenters. The lowest BCUT2D eigenvalue weighted by Crippen LogP contribution is -2.60. The molecule has 1 aromatic carbocycles. The third-order valence-electron chi connectivity index (χ3n) is 14.3. The number of rotatable bonds is 33. The van der Waals surface area contributed by atoms with E-state index < -0.39 is 66.1 Å². The van der Waals surface area contributed by atoms with Gasteiger partial charge in [-0.25, -0.2) is 5.06 Å². The number of carboxylic acid groups (broad SMARTS) is 1. The van der Waals surface area contributed by atoms with Gasteiger partial charge in [-0.2, -0.15) is 0 Å². The summed E-state index contributed by atoms with van der Waals surface area (Å²) in [6.45, 7) is 19.0. The van der Waals surface area contributed by atoms with E-state index in [1.807, 2.05) is 88.8 Å². The first-order valence-electron chi connectivity index (χ1n) is 26.2. The van der Waals surface area contributed by atoms with Crippen LogP contribution in [0.5, 0.6) is 0 Å². The molecule has 2 saturated heterocycles. The van der Waals surface area contributed by atoms with Crippen molar-refractivity contribution in [3.8, 4) is 0 Å². The van der Waals surface area contributed by atoms with Crippen LogP contribution in [-0.2, 0) is 57.3 Å². The maximum atomic E-state index is 14.6. The molecule has 0 saturated carbocycles. The molecule has 0 spiro atoms. The molecule has 2 aliphatic rings. The van der Waals surface area contributed by atoms with E-state index in [1.54, 1.807) is 26.0 Å². The number of hydrogen-bond donors (Lipinski definition) is 3. The summed E-state index contributed by atoms with van der Waals surface area (Å²) in [5, 5.41) is 15.9. The van der Waals surface area contributed by atoms with Crippen LogP contribution in [0.2, 0.25) is 0 Å². The SMILES string of the molecule is CC[C@H](C)[C@@H]([C@@H](CC(=O)N1CCC[C@H]1[C@H](OC)[C@@H](C)C(=O)N[C@H](C(=O)N1CCCCO1)[C@@H](C)c1ccccc1)OC)N(C)[C@H](C(=O)NC(=O)[C@H](C(C)C)N(C)CCOCCOCCOCCC(=O)O)C(C)C. The molecule has 19 nitrogen and oxygen atoms in total. The molecule has 19 heteroatoms. The van der Waals surface area contributed by atoms with Gasteiger partial charge in [-0.05, 0) is 63.1 Å². The molecule has 2 aliphatic heterocycles. The second-order valence-corrected chi connectivity index (χ2v) is 20.2. The maximum absolute atomic E-state index is 14.6. The van der Waals surface area contributed by atoms with E-state index in [4.69, 9.17) is 33.6 Å². The standard InChI is InChI=1S/C53H90N6O13/c1-13-37(6)48(57(10)47(36(4)5)52(65)55-51(64)46(35(2)3)56(9)26-29-70-31-33-71-32-30-69-28-23-44(61)62)42(67-11)34-43(60)58-24-19-22-41(58)49(68-12)39(8)50(63)54-45(38(7)40-20-15-14-16-21-40)53(66)59-25-17-18-27-72-59/h14-16,20-21,35-39,41-42,45-49H,13,17-19,22-34H2,1-12H3,(H,54,63)(H,61,62)(H,55,64,65)/t37-,38-,39+,41-,42+,45-,46-,47-,48-,49+/m0/s1. The van der Waals surface area contributed by atoms with Crippen LogP contribution in [0.4, 0.5) is 0 Å². The predicted octanol–water partition coefficient (Wildman–Crippen LogP) is 4.37. The number of nitrogens with zero attached hydrogens (tertiary/aromatic N) is 4. The van der Waals surface area contributed by atoms with Gasteiger partial charge in [-0.1, -0.05) is 92.1 Å². The minimum Gasteiger partial charge on any atom is -0.481 e. The molecule has 2 heterocycles. The van der Waals surface area contributed by atoms with Gasteiger partial charge in [-0.3, -0.25) is 48.7 Å². The van der Waals surface area contributed by atoms with Gasteiger partial charge >= 0.3 is 5.97 Å². The van der Waals surface area contributed by atoms with Crippen LogP contribution in [0.25, 0.3) is 0 Å². The largest absolute Gasteiger partial charge is 0.481 e. The topological polar surface area (TPSA) is 215 Å². The Balaban J connectivity index is 1.70. The highest BCUT2D eigenvalue weighted by Gasteiger charge is 2.45. The average molecular weight is 1020 g/mol. The van der Waals surface area contributed by atoms with Crippen molar-refractivity contribution < 1.29 is 62.4 Å². The zero-order valence-corrected chi connectivity index (χ0v) is 45.5. The van der Waals surface area contributed by atoms with Crippen molar-refractivity contribution in [2.24, 2.45) is 23.7 Å². The Bertz CT molecular complexity index is 1800. The summed E-state index contributed by atoms with van der Waals surface area (Å²) in [7, 11) is 6.80. The Labute approximate surface area is 429 Å². The Kier molecular flexibility index (Phi) is 27.9. The van der Waals surface area contributed by atoms with Gasteiger partial charge in [0.15, 0.2) is 0 Å². The number of likely N-dealkylation sites (N-methyl/N-ethyl adjacent to an activating group) is 2. The van der Waals surface area contributed by atoms with E-state index >= 15 is 0 Å². The number of benzene rings is 1. The van der Waals surface area contributed by atoms with Gasteiger partial charge in [0.1, 0.15) is 6.04 Å².